The number of hydrogen-bond donors (Lipinski definition) is 1. The average Bonchev–Trinajstić information content (AvgIpc) is 2.64. The number of halogens is 3. The maximum absolute atomic E-state index is 12.7. The molecule has 148 valence electrons. The summed E-state index contributed by atoms with van der Waals surface area (Å²) < 4.78 is 43.1. The lowest BCUT2D eigenvalue weighted by Crippen LogP contribution is -2.63. The van der Waals surface area contributed by atoms with Crippen LogP contribution < -0.4 is 10.1 Å². The van der Waals surface area contributed by atoms with E-state index in [1.54, 1.807) is 13.8 Å². The number of piperazine rings is 1. The number of nitrogens with one attached hydrogen (secondary N) is 1. The van der Waals surface area contributed by atoms with Gasteiger partial charge in [0, 0.05) is 30.9 Å². The maximum atomic E-state index is 12.7. The molecule has 28 heavy (non-hydrogen) atoms. The summed E-state index contributed by atoms with van der Waals surface area (Å²) in [4.78, 5) is 29.9. The second-order valence-corrected chi connectivity index (χ2v) is 6.78. The minimum absolute atomic E-state index is 0.000844. The van der Waals surface area contributed by atoms with Crippen LogP contribution in [0.4, 0.5) is 13.2 Å². The lowest BCUT2D eigenvalue weighted by atomic mass is 9.97. The molecule has 2 amide bonds. The highest BCUT2D eigenvalue weighted by molar-refractivity contribution is 5.99. The van der Waals surface area contributed by atoms with Crippen LogP contribution in [0, 0.1) is 0 Å². The van der Waals surface area contributed by atoms with Gasteiger partial charge in [0.25, 0.3) is 5.91 Å². The van der Waals surface area contributed by atoms with Crippen molar-refractivity contribution in [3.63, 3.8) is 0 Å². The van der Waals surface area contributed by atoms with Crippen molar-refractivity contribution in [2.24, 2.45) is 0 Å². The number of hydrogen-bond acceptors (Lipinski definition) is 4. The lowest BCUT2D eigenvalue weighted by Gasteiger charge is -2.41. The molecule has 1 saturated heterocycles. The van der Waals surface area contributed by atoms with E-state index in [2.05, 4.69) is 10.3 Å². The zero-order chi connectivity index (χ0) is 20.5. The van der Waals surface area contributed by atoms with Crippen molar-refractivity contribution in [1.82, 2.24) is 15.2 Å². The van der Waals surface area contributed by atoms with E-state index in [0.717, 1.165) is 12.1 Å². The van der Waals surface area contributed by atoms with Gasteiger partial charge in [0.1, 0.15) is 11.3 Å². The summed E-state index contributed by atoms with van der Waals surface area (Å²) in [6.07, 6.45) is -3.77. The fraction of sp³-hybridized carbons (Fsp3) is 0.316. The van der Waals surface area contributed by atoms with Gasteiger partial charge in [-0.2, -0.15) is 13.2 Å². The number of alkyl halides is 3. The highest BCUT2D eigenvalue weighted by Gasteiger charge is 2.40. The molecule has 0 atom stereocenters. The molecule has 1 aromatic carbocycles. The Bertz CT molecular complexity index is 878. The first-order valence-corrected chi connectivity index (χ1v) is 8.50. The smallest absolute Gasteiger partial charge is 0.417 e. The Morgan fingerprint density at radius 3 is 2.43 bits per heavy atom. The van der Waals surface area contributed by atoms with Crippen LogP contribution in [-0.2, 0) is 11.0 Å². The van der Waals surface area contributed by atoms with E-state index in [4.69, 9.17) is 4.74 Å². The Balaban J connectivity index is 1.71. The van der Waals surface area contributed by atoms with Crippen molar-refractivity contribution in [3.8, 4) is 11.6 Å². The van der Waals surface area contributed by atoms with E-state index in [0.29, 0.717) is 30.6 Å². The fourth-order valence-electron chi connectivity index (χ4n) is 2.81. The van der Waals surface area contributed by atoms with Crippen LogP contribution in [0.1, 0.15) is 29.8 Å². The lowest BCUT2D eigenvalue weighted by molar-refractivity contribution is -0.137. The third-order valence-corrected chi connectivity index (χ3v) is 4.48. The molecule has 0 bridgehead atoms. The summed E-state index contributed by atoms with van der Waals surface area (Å²) >= 11 is 0. The van der Waals surface area contributed by atoms with Crippen LogP contribution in [0.5, 0.6) is 11.6 Å². The van der Waals surface area contributed by atoms with Gasteiger partial charge < -0.3 is 15.0 Å². The minimum Gasteiger partial charge on any atom is -0.439 e. The molecule has 0 radical (unpaired) electrons. The molecule has 2 heterocycles. The van der Waals surface area contributed by atoms with E-state index in [9.17, 15) is 22.8 Å². The number of ether oxygens (including phenoxy) is 1. The second-order valence-electron chi connectivity index (χ2n) is 6.78. The summed E-state index contributed by atoms with van der Waals surface area (Å²) in [5.41, 5.74) is -1.46. The molecule has 6 nitrogen and oxygen atoms in total. The van der Waals surface area contributed by atoms with Gasteiger partial charge in [0.15, 0.2) is 0 Å². The largest absolute Gasteiger partial charge is 0.439 e. The van der Waals surface area contributed by atoms with Crippen molar-refractivity contribution in [2.75, 3.05) is 13.1 Å². The maximum Gasteiger partial charge on any atom is 0.417 e. The molecule has 1 aliphatic heterocycles. The number of nitrogens with zero attached hydrogens (tertiary/aromatic N) is 2. The predicted molar refractivity (Wildman–Crippen MR) is 93.9 cm³/mol. The number of pyridine rings is 1. The molecule has 1 aliphatic rings. The molecule has 1 aromatic heterocycles. The Morgan fingerprint density at radius 1 is 1.18 bits per heavy atom. The molecule has 2 aromatic rings. The van der Waals surface area contributed by atoms with Gasteiger partial charge >= 0.3 is 6.18 Å². The Kier molecular flexibility index (Phi) is 5.01. The molecule has 0 saturated carbocycles. The first-order valence-electron chi connectivity index (χ1n) is 8.50. The predicted octanol–water partition coefficient (Wildman–Crippen LogP) is 3.24. The molecular weight excluding hydrogens is 375 g/mol. The zero-order valence-corrected chi connectivity index (χ0v) is 15.2. The third-order valence-electron chi connectivity index (χ3n) is 4.48. The van der Waals surface area contributed by atoms with E-state index in [1.165, 1.54) is 29.2 Å². The highest BCUT2D eigenvalue weighted by atomic mass is 19.4. The molecule has 9 heteroatoms. The van der Waals surface area contributed by atoms with Crippen LogP contribution in [0.3, 0.4) is 0 Å². The van der Waals surface area contributed by atoms with Gasteiger partial charge in [-0.25, -0.2) is 4.98 Å². The van der Waals surface area contributed by atoms with Crippen LogP contribution >= 0.6 is 0 Å². The monoisotopic (exact) mass is 393 g/mol. The van der Waals surface area contributed by atoms with Crippen LogP contribution in [0.2, 0.25) is 0 Å². The van der Waals surface area contributed by atoms with Gasteiger partial charge in [-0.05, 0) is 44.2 Å². The Morgan fingerprint density at radius 2 is 1.86 bits per heavy atom. The van der Waals surface area contributed by atoms with Crippen molar-refractivity contribution in [1.29, 1.82) is 0 Å². The molecule has 1 fully saturated rings. The van der Waals surface area contributed by atoms with Crippen molar-refractivity contribution >= 4 is 11.8 Å². The SMILES string of the molecule is CC1(C)C(=O)NCCN1C(=O)c1ccc(Oc2ccc(C(F)(F)F)cn2)cc1. The normalized spacial score (nSPS) is 16.5. The van der Waals surface area contributed by atoms with Gasteiger partial charge in [-0.3, -0.25) is 9.59 Å². The number of rotatable bonds is 3. The molecule has 1 N–H and O–H groups in total. The first-order chi connectivity index (χ1) is 13.1. The summed E-state index contributed by atoms with van der Waals surface area (Å²) in [5, 5.41) is 2.73. The van der Waals surface area contributed by atoms with Crippen molar-refractivity contribution in [2.45, 2.75) is 25.6 Å². The number of aromatic nitrogens is 1. The Labute approximate surface area is 159 Å². The average molecular weight is 393 g/mol. The summed E-state index contributed by atoms with van der Waals surface area (Å²) in [6, 6.07) is 8.10. The topological polar surface area (TPSA) is 71.5 Å². The molecule has 0 spiro atoms. The van der Waals surface area contributed by atoms with E-state index < -0.39 is 17.3 Å². The molecular formula is C19H18F3N3O3. The summed E-state index contributed by atoms with van der Waals surface area (Å²) in [5.74, 6) is -0.195. The minimum atomic E-state index is -4.47. The standard InChI is InChI=1S/C19H18F3N3O3/c1-18(2)17(27)23-9-10-25(18)16(26)12-3-6-14(7-4-12)28-15-8-5-13(11-24-15)19(20,21)22/h3-8,11H,9-10H2,1-2H3,(H,23,27). The quantitative estimate of drug-likeness (QED) is 0.869. The number of carbonyl (C=O) groups is 2. The van der Waals surface area contributed by atoms with Gasteiger partial charge in [0.2, 0.25) is 11.8 Å². The summed E-state index contributed by atoms with van der Waals surface area (Å²) in [7, 11) is 0. The Hall–Kier alpha value is -3.10. The van der Waals surface area contributed by atoms with Gasteiger partial charge in [0.05, 0.1) is 5.56 Å². The second kappa shape index (κ2) is 7.14. The van der Waals surface area contributed by atoms with E-state index >= 15 is 0 Å². The third kappa shape index (κ3) is 3.92. The number of amides is 2. The number of carbonyl (C=O) groups excluding carboxylic acids is 2. The highest BCUT2D eigenvalue weighted by Crippen LogP contribution is 2.30. The molecule has 3 rings (SSSR count). The molecule has 0 aliphatic carbocycles. The van der Waals surface area contributed by atoms with Gasteiger partial charge in [-0.1, -0.05) is 0 Å². The van der Waals surface area contributed by atoms with E-state index in [-0.39, 0.29) is 17.7 Å². The van der Waals surface area contributed by atoms with Crippen molar-refractivity contribution < 1.29 is 27.5 Å². The van der Waals surface area contributed by atoms with Gasteiger partial charge in [-0.15, -0.1) is 0 Å². The van der Waals surface area contributed by atoms with Crippen molar-refractivity contribution in [3.05, 3.63) is 53.7 Å². The zero-order valence-electron chi connectivity index (χ0n) is 15.2. The number of benzene rings is 1. The fourth-order valence-corrected chi connectivity index (χ4v) is 2.81. The van der Waals surface area contributed by atoms with Crippen LogP contribution in [0.25, 0.3) is 0 Å². The summed E-state index contributed by atoms with van der Waals surface area (Å²) in [6.45, 7) is 4.13. The van der Waals surface area contributed by atoms with Crippen LogP contribution in [0.15, 0.2) is 42.6 Å². The van der Waals surface area contributed by atoms with E-state index in [1.807, 2.05) is 0 Å². The first kappa shape index (κ1) is 19.7. The van der Waals surface area contributed by atoms with Crippen LogP contribution in [-0.4, -0.2) is 40.3 Å². The molecule has 0 unspecified atom stereocenters.